The van der Waals surface area contributed by atoms with E-state index < -0.39 is 35.1 Å². The standard InChI is InChI=1S/C22H27FN4O5/c1-7-31-20(30)27-17(24-18(28)13-8-10-14(23)11-9-13)15-12-26(19(29)32-21(2,3)4)22(5,6)16(15)25-27/h8-11H,7,12H2,1-6H3,(H,24,28). The minimum atomic E-state index is -0.912. The van der Waals surface area contributed by atoms with E-state index in [0.717, 1.165) is 16.8 Å². The Morgan fingerprint density at radius 3 is 2.34 bits per heavy atom. The molecule has 172 valence electrons. The lowest BCUT2D eigenvalue weighted by Crippen LogP contribution is -2.44. The highest BCUT2D eigenvalue weighted by Crippen LogP contribution is 2.42. The molecule has 1 aliphatic heterocycles. The number of aromatic nitrogens is 2. The first-order valence-electron chi connectivity index (χ1n) is 10.2. The van der Waals surface area contributed by atoms with Gasteiger partial charge >= 0.3 is 12.2 Å². The molecule has 0 saturated heterocycles. The molecule has 9 nitrogen and oxygen atoms in total. The molecular weight excluding hydrogens is 419 g/mol. The molecule has 2 aromatic rings. The van der Waals surface area contributed by atoms with Gasteiger partial charge < -0.3 is 14.8 Å². The fraction of sp³-hybridized carbons (Fsp3) is 0.455. The van der Waals surface area contributed by atoms with E-state index in [9.17, 15) is 18.8 Å². The van der Waals surface area contributed by atoms with Crippen molar-refractivity contribution in [2.24, 2.45) is 0 Å². The van der Waals surface area contributed by atoms with Crippen LogP contribution in [0.15, 0.2) is 24.3 Å². The van der Waals surface area contributed by atoms with Gasteiger partial charge in [0, 0.05) is 11.1 Å². The van der Waals surface area contributed by atoms with Crippen LogP contribution >= 0.6 is 0 Å². The zero-order valence-corrected chi connectivity index (χ0v) is 19.0. The van der Waals surface area contributed by atoms with Crippen LogP contribution in [0.4, 0.5) is 19.8 Å². The molecule has 1 aliphatic rings. The van der Waals surface area contributed by atoms with E-state index in [1.807, 2.05) is 0 Å². The van der Waals surface area contributed by atoms with Crippen LogP contribution in [-0.4, -0.2) is 45.0 Å². The second-order valence-electron chi connectivity index (χ2n) is 8.87. The number of ether oxygens (including phenoxy) is 2. The third-order valence-corrected chi connectivity index (χ3v) is 4.95. The van der Waals surface area contributed by atoms with E-state index in [0.29, 0.717) is 11.3 Å². The zero-order chi connectivity index (χ0) is 23.8. The number of hydrogen-bond donors (Lipinski definition) is 1. The van der Waals surface area contributed by atoms with Gasteiger partial charge in [-0.25, -0.2) is 14.0 Å². The molecule has 0 spiro atoms. The topological polar surface area (TPSA) is 103 Å². The van der Waals surface area contributed by atoms with Gasteiger partial charge in [0.05, 0.1) is 24.4 Å². The Hall–Kier alpha value is -3.43. The quantitative estimate of drug-likeness (QED) is 0.756. The molecule has 32 heavy (non-hydrogen) atoms. The maximum atomic E-state index is 13.2. The van der Waals surface area contributed by atoms with Crippen LogP contribution in [0, 0.1) is 5.82 Å². The number of amides is 2. The molecule has 10 heteroatoms. The number of nitrogens with one attached hydrogen (secondary N) is 1. The van der Waals surface area contributed by atoms with Gasteiger partial charge in [0.1, 0.15) is 17.2 Å². The summed E-state index contributed by atoms with van der Waals surface area (Å²) in [4.78, 5) is 39.6. The van der Waals surface area contributed by atoms with Crippen LogP contribution in [0.25, 0.3) is 0 Å². The number of halogens is 1. The average molecular weight is 446 g/mol. The Kier molecular flexibility index (Phi) is 5.99. The molecule has 0 aliphatic carbocycles. The van der Waals surface area contributed by atoms with Gasteiger partial charge in [0.25, 0.3) is 5.91 Å². The third kappa shape index (κ3) is 4.44. The highest BCUT2D eigenvalue weighted by Gasteiger charge is 2.47. The summed E-state index contributed by atoms with van der Waals surface area (Å²) in [6.45, 7) is 10.7. The number of fused-ring (bicyclic) bond motifs is 1. The van der Waals surface area contributed by atoms with Crippen molar-refractivity contribution in [3.8, 4) is 0 Å². The van der Waals surface area contributed by atoms with Gasteiger partial charge in [-0.3, -0.25) is 9.69 Å². The summed E-state index contributed by atoms with van der Waals surface area (Å²) >= 11 is 0. The van der Waals surface area contributed by atoms with Gasteiger partial charge in [-0.05, 0) is 65.8 Å². The molecule has 2 amide bonds. The second-order valence-corrected chi connectivity index (χ2v) is 8.87. The number of carbonyl (C=O) groups is 3. The van der Waals surface area contributed by atoms with Crippen molar-refractivity contribution in [2.75, 3.05) is 11.9 Å². The molecule has 2 heterocycles. The molecule has 1 N–H and O–H groups in total. The highest BCUT2D eigenvalue weighted by molar-refractivity contribution is 6.05. The minimum Gasteiger partial charge on any atom is -0.448 e. The first kappa shape index (κ1) is 23.2. The van der Waals surface area contributed by atoms with Gasteiger partial charge in [-0.15, -0.1) is 4.68 Å². The summed E-state index contributed by atoms with van der Waals surface area (Å²) in [5.74, 6) is -0.951. The maximum absolute atomic E-state index is 13.2. The first-order chi connectivity index (χ1) is 14.8. The monoisotopic (exact) mass is 446 g/mol. The van der Waals surface area contributed by atoms with E-state index in [4.69, 9.17) is 9.47 Å². The van der Waals surface area contributed by atoms with Crippen LogP contribution in [0.3, 0.4) is 0 Å². The van der Waals surface area contributed by atoms with Gasteiger partial charge in [0.2, 0.25) is 0 Å². The van der Waals surface area contributed by atoms with Gasteiger partial charge in [-0.1, -0.05) is 0 Å². The fourth-order valence-electron chi connectivity index (χ4n) is 3.41. The third-order valence-electron chi connectivity index (χ3n) is 4.95. The molecule has 0 saturated carbocycles. The van der Waals surface area contributed by atoms with Crippen molar-refractivity contribution in [3.05, 3.63) is 46.9 Å². The zero-order valence-electron chi connectivity index (χ0n) is 19.0. The van der Waals surface area contributed by atoms with E-state index in [2.05, 4.69) is 10.4 Å². The van der Waals surface area contributed by atoms with Crippen molar-refractivity contribution in [3.63, 3.8) is 0 Å². The predicted molar refractivity (Wildman–Crippen MR) is 114 cm³/mol. The number of carbonyl (C=O) groups excluding carboxylic acids is 3. The first-order valence-corrected chi connectivity index (χ1v) is 10.2. The number of anilines is 1. The van der Waals surface area contributed by atoms with Gasteiger partial charge in [0.15, 0.2) is 0 Å². The normalized spacial score (nSPS) is 14.7. The largest absolute Gasteiger partial charge is 0.448 e. The summed E-state index contributed by atoms with van der Waals surface area (Å²) in [6, 6.07) is 4.98. The van der Waals surface area contributed by atoms with Crippen molar-refractivity contribution < 1.29 is 28.2 Å². The SMILES string of the molecule is CCOC(=O)n1nc2c(c1NC(=O)c1ccc(F)cc1)CN(C(=O)OC(C)(C)C)C2(C)C. The van der Waals surface area contributed by atoms with Crippen LogP contribution < -0.4 is 5.32 Å². The van der Waals surface area contributed by atoms with Gasteiger partial charge in [-0.2, -0.15) is 5.10 Å². The average Bonchev–Trinajstić information content (AvgIpc) is 3.16. The number of nitrogens with zero attached hydrogens (tertiary/aromatic N) is 3. The van der Waals surface area contributed by atoms with Crippen LogP contribution in [0.5, 0.6) is 0 Å². The highest BCUT2D eigenvalue weighted by atomic mass is 19.1. The number of rotatable bonds is 3. The van der Waals surface area contributed by atoms with Crippen LogP contribution in [-0.2, 0) is 21.6 Å². The van der Waals surface area contributed by atoms with Crippen molar-refractivity contribution in [1.29, 1.82) is 0 Å². The van der Waals surface area contributed by atoms with Crippen LogP contribution in [0.1, 0.15) is 63.2 Å². The van der Waals surface area contributed by atoms with Crippen molar-refractivity contribution in [1.82, 2.24) is 14.7 Å². The molecule has 1 aromatic heterocycles. The summed E-state index contributed by atoms with van der Waals surface area (Å²) in [7, 11) is 0. The molecule has 0 radical (unpaired) electrons. The number of hydrogen-bond acceptors (Lipinski definition) is 6. The molecule has 3 rings (SSSR count). The Labute approximate surface area is 185 Å². The van der Waals surface area contributed by atoms with E-state index >= 15 is 0 Å². The van der Waals surface area contributed by atoms with Crippen LogP contribution in [0.2, 0.25) is 0 Å². The van der Waals surface area contributed by atoms with Crippen molar-refractivity contribution in [2.45, 2.75) is 59.2 Å². The Morgan fingerprint density at radius 2 is 1.78 bits per heavy atom. The molecule has 1 aromatic carbocycles. The molecule has 0 bridgehead atoms. The second kappa shape index (κ2) is 8.25. The maximum Gasteiger partial charge on any atom is 0.436 e. The van der Waals surface area contributed by atoms with E-state index in [1.54, 1.807) is 41.5 Å². The lowest BCUT2D eigenvalue weighted by molar-refractivity contribution is 0.00442. The predicted octanol–water partition coefficient (Wildman–Crippen LogP) is 4.26. The fourth-order valence-corrected chi connectivity index (χ4v) is 3.41. The molecule has 0 unspecified atom stereocenters. The smallest absolute Gasteiger partial charge is 0.436 e. The summed E-state index contributed by atoms with van der Waals surface area (Å²) in [5.41, 5.74) is -0.490. The molecule has 0 fully saturated rings. The van der Waals surface area contributed by atoms with E-state index in [-0.39, 0.29) is 24.5 Å². The number of benzene rings is 1. The summed E-state index contributed by atoms with van der Waals surface area (Å²) in [5, 5.41) is 7.04. The summed E-state index contributed by atoms with van der Waals surface area (Å²) < 4.78 is 24.8. The molecule has 0 atom stereocenters. The molecular formula is C22H27FN4O5. The Morgan fingerprint density at radius 1 is 1.16 bits per heavy atom. The minimum absolute atomic E-state index is 0.0652. The van der Waals surface area contributed by atoms with E-state index in [1.165, 1.54) is 17.0 Å². The Bertz CT molecular complexity index is 1050. The van der Waals surface area contributed by atoms with Crippen molar-refractivity contribution >= 4 is 23.9 Å². The lowest BCUT2D eigenvalue weighted by Gasteiger charge is -2.33. The summed E-state index contributed by atoms with van der Waals surface area (Å²) in [6.07, 6.45) is -1.31. The lowest BCUT2D eigenvalue weighted by atomic mass is 10.0. The Balaban J connectivity index is 2.00.